The number of aromatic hydroxyl groups is 1. The molecule has 0 aliphatic heterocycles. The van der Waals surface area contributed by atoms with E-state index in [9.17, 15) is 9.90 Å². The fourth-order valence-corrected chi connectivity index (χ4v) is 1.47. The number of nitrogens with zero attached hydrogens (tertiary/aromatic N) is 1. The van der Waals surface area contributed by atoms with Crippen LogP contribution in [0.3, 0.4) is 0 Å². The number of carbonyl (C=O) groups is 1. The summed E-state index contributed by atoms with van der Waals surface area (Å²) < 4.78 is 5.24. The lowest BCUT2D eigenvalue weighted by Gasteiger charge is -2.06. The SMILES string of the molecule is C=CCNC(=O)/C(C#N)=C\c1ccc(O)c(OCC)c1. The smallest absolute Gasteiger partial charge is 0.262 e. The predicted octanol–water partition coefficient (Wildman–Crippen LogP) is 2.00. The summed E-state index contributed by atoms with van der Waals surface area (Å²) in [5, 5.41) is 21.1. The average Bonchev–Trinajstić information content (AvgIpc) is 2.45. The molecular weight excluding hydrogens is 256 g/mol. The molecule has 0 aliphatic carbocycles. The molecule has 1 rings (SSSR count). The molecule has 5 heteroatoms. The lowest BCUT2D eigenvalue weighted by Crippen LogP contribution is -2.24. The number of phenols is 1. The summed E-state index contributed by atoms with van der Waals surface area (Å²) in [4.78, 5) is 11.7. The van der Waals surface area contributed by atoms with Gasteiger partial charge in [0.15, 0.2) is 11.5 Å². The number of hydrogen-bond acceptors (Lipinski definition) is 4. The van der Waals surface area contributed by atoms with Gasteiger partial charge in [-0.1, -0.05) is 12.1 Å². The molecule has 1 aromatic carbocycles. The highest BCUT2D eigenvalue weighted by Gasteiger charge is 2.09. The fraction of sp³-hybridized carbons (Fsp3) is 0.200. The molecule has 0 bridgehead atoms. The molecule has 0 aromatic heterocycles. The first-order chi connectivity index (χ1) is 9.62. The number of carbonyl (C=O) groups excluding carboxylic acids is 1. The quantitative estimate of drug-likeness (QED) is 0.471. The molecule has 0 fully saturated rings. The number of rotatable bonds is 6. The highest BCUT2D eigenvalue weighted by atomic mass is 16.5. The lowest BCUT2D eigenvalue weighted by atomic mass is 10.1. The molecule has 0 atom stereocenters. The maximum atomic E-state index is 11.7. The molecule has 2 N–H and O–H groups in total. The maximum Gasteiger partial charge on any atom is 0.262 e. The van der Waals surface area contributed by atoms with E-state index in [1.54, 1.807) is 19.1 Å². The Kier molecular flexibility index (Phi) is 5.85. The first kappa shape index (κ1) is 15.3. The fourth-order valence-electron chi connectivity index (χ4n) is 1.47. The van der Waals surface area contributed by atoms with E-state index in [1.165, 1.54) is 18.2 Å². The van der Waals surface area contributed by atoms with Gasteiger partial charge >= 0.3 is 0 Å². The minimum absolute atomic E-state index is 0.0126. The summed E-state index contributed by atoms with van der Waals surface area (Å²) in [5.41, 5.74) is 0.566. The van der Waals surface area contributed by atoms with E-state index in [4.69, 9.17) is 10.00 Å². The second kappa shape index (κ2) is 7.64. The Hall–Kier alpha value is -2.74. The summed E-state index contributed by atoms with van der Waals surface area (Å²) in [6.07, 6.45) is 2.96. The van der Waals surface area contributed by atoms with Crippen LogP contribution in [-0.4, -0.2) is 24.2 Å². The Bertz CT molecular complexity index is 571. The molecule has 1 aromatic rings. The van der Waals surface area contributed by atoms with Crippen LogP contribution in [0.25, 0.3) is 6.08 Å². The second-order valence-corrected chi connectivity index (χ2v) is 3.83. The highest BCUT2D eigenvalue weighted by Crippen LogP contribution is 2.27. The maximum absolute atomic E-state index is 11.7. The molecule has 0 saturated carbocycles. The van der Waals surface area contributed by atoms with E-state index >= 15 is 0 Å². The Morgan fingerprint density at radius 1 is 1.60 bits per heavy atom. The van der Waals surface area contributed by atoms with E-state index in [-0.39, 0.29) is 17.9 Å². The first-order valence-corrected chi connectivity index (χ1v) is 6.09. The van der Waals surface area contributed by atoms with Crippen LogP contribution in [0, 0.1) is 11.3 Å². The molecule has 0 saturated heterocycles. The predicted molar refractivity (Wildman–Crippen MR) is 76.1 cm³/mol. The Labute approximate surface area is 117 Å². The number of hydrogen-bond donors (Lipinski definition) is 2. The Morgan fingerprint density at radius 2 is 2.35 bits per heavy atom. The van der Waals surface area contributed by atoms with Gasteiger partial charge in [-0.2, -0.15) is 5.26 Å². The molecule has 0 aliphatic rings. The zero-order valence-electron chi connectivity index (χ0n) is 11.2. The molecule has 0 heterocycles. The van der Waals surface area contributed by atoms with Gasteiger partial charge in [0.25, 0.3) is 5.91 Å². The number of amides is 1. The highest BCUT2D eigenvalue weighted by molar-refractivity contribution is 6.01. The van der Waals surface area contributed by atoms with Crippen molar-refractivity contribution >= 4 is 12.0 Å². The van der Waals surface area contributed by atoms with E-state index in [0.717, 1.165) is 0 Å². The first-order valence-electron chi connectivity index (χ1n) is 6.09. The summed E-state index contributed by atoms with van der Waals surface area (Å²) in [7, 11) is 0. The van der Waals surface area contributed by atoms with Gasteiger partial charge < -0.3 is 15.2 Å². The number of ether oxygens (including phenoxy) is 1. The third kappa shape index (κ3) is 4.18. The van der Waals surface area contributed by atoms with Crippen molar-refractivity contribution in [3.8, 4) is 17.6 Å². The number of nitrogens with one attached hydrogen (secondary N) is 1. The van der Waals surface area contributed by atoms with Crippen LogP contribution >= 0.6 is 0 Å². The molecule has 20 heavy (non-hydrogen) atoms. The van der Waals surface area contributed by atoms with Crippen LogP contribution in [0.5, 0.6) is 11.5 Å². The van der Waals surface area contributed by atoms with Crippen molar-refractivity contribution in [1.29, 1.82) is 5.26 Å². The van der Waals surface area contributed by atoms with Crippen molar-refractivity contribution in [3.05, 3.63) is 42.0 Å². The van der Waals surface area contributed by atoms with Gasteiger partial charge in [0.05, 0.1) is 6.61 Å². The van der Waals surface area contributed by atoms with Crippen LogP contribution in [0.1, 0.15) is 12.5 Å². The third-order valence-electron chi connectivity index (χ3n) is 2.37. The van der Waals surface area contributed by atoms with Crippen molar-refractivity contribution in [3.63, 3.8) is 0 Å². The standard InChI is InChI=1S/C15H16N2O3/c1-3-7-17-15(19)12(10-16)8-11-5-6-13(18)14(9-11)20-4-2/h3,5-6,8-9,18H,1,4,7H2,2H3,(H,17,19)/b12-8-. The van der Waals surface area contributed by atoms with Crippen LogP contribution in [-0.2, 0) is 4.79 Å². The largest absolute Gasteiger partial charge is 0.504 e. The minimum atomic E-state index is -0.474. The molecule has 1 amide bonds. The molecule has 104 valence electrons. The lowest BCUT2D eigenvalue weighted by molar-refractivity contribution is -0.116. The van der Waals surface area contributed by atoms with Gasteiger partial charge in [-0.25, -0.2) is 0 Å². The molecule has 0 radical (unpaired) electrons. The molecule has 0 spiro atoms. The summed E-state index contributed by atoms with van der Waals surface area (Å²) in [6.45, 7) is 5.98. The van der Waals surface area contributed by atoms with Gasteiger partial charge in [-0.05, 0) is 30.7 Å². The van der Waals surface area contributed by atoms with Crippen molar-refractivity contribution in [2.75, 3.05) is 13.2 Å². The van der Waals surface area contributed by atoms with Crippen molar-refractivity contribution in [2.45, 2.75) is 6.92 Å². The van der Waals surface area contributed by atoms with Gasteiger partial charge in [0.1, 0.15) is 11.6 Å². The van der Waals surface area contributed by atoms with Crippen LogP contribution in [0.2, 0.25) is 0 Å². The normalized spacial score (nSPS) is 10.5. The number of benzene rings is 1. The van der Waals surface area contributed by atoms with Gasteiger partial charge in [-0.3, -0.25) is 4.79 Å². The molecular formula is C15H16N2O3. The van der Waals surface area contributed by atoms with Crippen molar-refractivity contribution in [2.24, 2.45) is 0 Å². The minimum Gasteiger partial charge on any atom is -0.504 e. The van der Waals surface area contributed by atoms with Crippen LogP contribution in [0.15, 0.2) is 36.4 Å². The van der Waals surface area contributed by atoms with Crippen molar-refractivity contribution in [1.82, 2.24) is 5.32 Å². The summed E-state index contributed by atoms with van der Waals surface area (Å²) in [6, 6.07) is 6.45. The van der Waals surface area contributed by atoms with Gasteiger partial charge in [-0.15, -0.1) is 6.58 Å². The van der Waals surface area contributed by atoms with E-state index in [1.807, 2.05) is 6.07 Å². The van der Waals surface area contributed by atoms with Gasteiger partial charge in [0.2, 0.25) is 0 Å². The average molecular weight is 272 g/mol. The zero-order valence-corrected chi connectivity index (χ0v) is 11.2. The van der Waals surface area contributed by atoms with Crippen LogP contribution < -0.4 is 10.1 Å². The zero-order chi connectivity index (χ0) is 15.0. The van der Waals surface area contributed by atoms with E-state index in [0.29, 0.717) is 17.9 Å². The summed E-state index contributed by atoms with van der Waals surface area (Å²) >= 11 is 0. The topological polar surface area (TPSA) is 82.4 Å². The van der Waals surface area contributed by atoms with Crippen LogP contribution in [0.4, 0.5) is 0 Å². The van der Waals surface area contributed by atoms with Gasteiger partial charge in [0, 0.05) is 6.54 Å². The molecule has 5 nitrogen and oxygen atoms in total. The van der Waals surface area contributed by atoms with E-state index in [2.05, 4.69) is 11.9 Å². The number of phenolic OH excluding ortho intramolecular Hbond substituents is 1. The third-order valence-corrected chi connectivity index (χ3v) is 2.37. The van der Waals surface area contributed by atoms with E-state index < -0.39 is 5.91 Å². The number of nitriles is 1. The summed E-state index contributed by atoms with van der Waals surface area (Å²) in [5.74, 6) is -0.151. The second-order valence-electron chi connectivity index (χ2n) is 3.83. The monoisotopic (exact) mass is 272 g/mol. The van der Waals surface area contributed by atoms with Crippen molar-refractivity contribution < 1.29 is 14.6 Å². The Morgan fingerprint density at radius 3 is 2.95 bits per heavy atom. The Balaban J connectivity index is 3.01. The molecule has 0 unspecified atom stereocenters.